The lowest BCUT2D eigenvalue weighted by molar-refractivity contribution is -0.0755. The van der Waals surface area contributed by atoms with Crippen molar-refractivity contribution < 1.29 is 14.9 Å². The second kappa shape index (κ2) is 6.34. The predicted octanol–water partition coefficient (Wildman–Crippen LogP) is 1.79. The number of aliphatic hydroxyl groups is 2. The Hall–Kier alpha value is -1.10. The van der Waals surface area contributed by atoms with E-state index in [2.05, 4.69) is 5.32 Å². The minimum Gasteiger partial charge on any atom is -0.491 e. The molecule has 21 heavy (non-hydrogen) atoms. The van der Waals surface area contributed by atoms with E-state index in [0.717, 1.165) is 23.3 Å². The number of nitrogens with one attached hydrogen (secondary N) is 1. The number of hydrogen-bond acceptors (Lipinski definition) is 4. The Kier molecular flexibility index (Phi) is 4.91. The summed E-state index contributed by atoms with van der Waals surface area (Å²) in [5.41, 5.74) is 2.10. The number of ether oxygens (including phenoxy) is 1. The van der Waals surface area contributed by atoms with E-state index in [9.17, 15) is 10.2 Å². The summed E-state index contributed by atoms with van der Waals surface area (Å²) < 4.78 is 5.70. The van der Waals surface area contributed by atoms with Gasteiger partial charge < -0.3 is 20.3 Å². The molecule has 3 unspecified atom stereocenters. The monoisotopic (exact) mass is 293 g/mol. The zero-order chi connectivity index (χ0) is 15.6. The maximum Gasteiger partial charge on any atom is 0.122 e. The minimum atomic E-state index is -0.557. The van der Waals surface area contributed by atoms with Crippen LogP contribution in [0.5, 0.6) is 5.75 Å². The molecule has 0 saturated heterocycles. The smallest absolute Gasteiger partial charge is 0.122 e. The highest BCUT2D eigenvalue weighted by molar-refractivity contribution is 5.35. The normalized spacial score (nSPS) is 25.2. The van der Waals surface area contributed by atoms with Crippen molar-refractivity contribution in [2.75, 3.05) is 13.2 Å². The average molecular weight is 293 g/mol. The standard InChI is InChI=1S/C17H27NO3/c1-11-5-6-12(2)14(7-11)21-10-13(19)9-18-15-8-16(20)17(15,3)4/h5-7,13,15-16,18-20H,8-10H2,1-4H3. The molecule has 1 fully saturated rings. The zero-order valence-corrected chi connectivity index (χ0v) is 13.4. The first-order chi connectivity index (χ1) is 9.80. The fraction of sp³-hybridized carbons (Fsp3) is 0.647. The highest BCUT2D eigenvalue weighted by atomic mass is 16.5. The van der Waals surface area contributed by atoms with Gasteiger partial charge in [0.25, 0.3) is 0 Å². The molecule has 0 amide bonds. The van der Waals surface area contributed by atoms with Crippen molar-refractivity contribution in [1.82, 2.24) is 5.32 Å². The third-order valence-corrected chi connectivity index (χ3v) is 4.59. The number of hydrogen-bond donors (Lipinski definition) is 3. The van der Waals surface area contributed by atoms with Crippen molar-refractivity contribution in [2.45, 2.75) is 52.4 Å². The van der Waals surface area contributed by atoms with E-state index >= 15 is 0 Å². The molecule has 0 radical (unpaired) electrons. The largest absolute Gasteiger partial charge is 0.491 e. The third-order valence-electron chi connectivity index (χ3n) is 4.59. The van der Waals surface area contributed by atoms with Crippen LogP contribution in [-0.4, -0.2) is 41.6 Å². The second-order valence-electron chi connectivity index (χ2n) is 6.77. The van der Waals surface area contributed by atoms with Crippen LogP contribution in [-0.2, 0) is 0 Å². The Morgan fingerprint density at radius 3 is 2.71 bits per heavy atom. The van der Waals surface area contributed by atoms with Crippen LogP contribution in [0.3, 0.4) is 0 Å². The van der Waals surface area contributed by atoms with Crippen LogP contribution >= 0.6 is 0 Å². The summed E-state index contributed by atoms with van der Waals surface area (Å²) >= 11 is 0. The van der Waals surface area contributed by atoms with Crippen molar-refractivity contribution >= 4 is 0 Å². The van der Waals surface area contributed by atoms with Gasteiger partial charge >= 0.3 is 0 Å². The van der Waals surface area contributed by atoms with Gasteiger partial charge in [0.2, 0.25) is 0 Å². The van der Waals surface area contributed by atoms with Gasteiger partial charge in [0.15, 0.2) is 0 Å². The van der Waals surface area contributed by atoms with Crippen LogP contribution in [0, 0.1) is 19.3 Å². The number of aryl methyl sites for hydroxylation is 2. The molecule has 0 heterocycles. The van der Waals surface area contributed by atoms with E-state index in [-0.39, 0.29) is 24.2 Å². The van der Waals surface area contributed by atoms with E-state index in [1.54, 1.807) is 0 Å². The predicted molar refractivity (Wildman–Crippen MR) is 83.6 cm³/mol. The van der Waals surface area contributed by atoms with Crippen LogP contribution < -0.4 is 10.1 Å². The van der Waals surface area contributed by atoms with Gasteiger partial charge in [0, 0.05) is 18.0 Å². The summed E-state index contributed by atoms with van der Waals surface area (Å²) in [7, 11) is 0. The van der Waals surface area contributed by atoms with Gasteiger partial charge in [-0.1, -0.05) is 26.0 Å². The lowest BCUT2D eigenvalue weighted by Gasteiger charge is -2.49. The van der Waals surface area contributed by atoms with Crippen LogP contribution in [0.2, 0.25) is 0 Å². The summed E-state index contributed by atoms with van der Waals surface area (Å²) in [5, 5.41) is 23.0. The van der Waals surface area contributed by atoms with Crippen LogP contribution in [0.15, 0.2) is 18.2 Å². The molecule has 0 aromatic heterocycles. The summed E-state index contributed by atoms with van der Waals surface area (Å²) in [5.74, 6) is 0.827. The van der Waals surface area contributed by atoms with Gasteiger partial charge in [-0.05, 0) is 37.5 Å². The van der Waals surface area contributed by atoms with Gasteiger partial charge in [-0.15, -0.1) is 0 Å². The van der Waals surface area contributed by atoms with Crippen molar-refractivity contribution in [3.05, 3.63) is 29.3 Å². The molecule has 4 heteroatoms. The molecule has 2 rings (SSSR count). The van der Waals surface area contributed by atoms with Crippen molar-refractivity contribution in [1.29, 1.82) is 0 Å². The number of benzene rings is 1. The minimum absolute atomic E-state index is 0.117. The Balaban J connectivity index is 1.75. The van der Waals surface area contributed by atoms with E-state index in [1.165, 1.54) is 0 Å². The molecule has 1 aromatic rings. The van der Waals surface area contributed by atoms with Gasteiger partial charge in [-0.3, -0.25) is 0 Å². The molecule has 0 bridgehead atoms. The Labute approximate surface area is 127 Å². The maximum atomic E-state index is 10.0. The van der Waals surface area contributed by atoms with Crippen LogP contribution in [0.25, 0.3) is 0 Å². The highest BCUT2D eigenvalue weighted by Crippen LogP contribution is 2.40. The lowest BCUT2D eigenvalue weighted by Crippen LogP contribution is -2.61. The molecule has 1 aliphatic carbocycles. The lowest BCUT2D eigenvalue weighted by atomic mass is 9.64. The summed E-state index contributed by atoms with van der Waals surface area (Å²) in [4.78, 5) is 0. The summed E-state index contributed by atoms with van der Waals surface area (Å²) in [6.45, 7) is 8.85. The van der Waals surface area contributed by atoms with Gasteiger partial charge in [-0.2, -0.15) is 0 Å². The van der Waals surface area contributed by atoms with Gasteiger partial charge in [0.05, 0.1) is 6.10 Å². The highest BCUT2D eigenvalue weighted by Gasteiger charge is 2.46. The molecular weight excluding hydrogens is 266 g/mol. The summed E-state index contributed by atoms with van der Waals surface area (Å²) in [6.07, 6.45) is -0.0609. The van der Waals surface area contributed by atoms with Crippen LogP contribution in [0.4, 0.5) is 0 Å². The fourth-order valence-electron chi connectivity index (χ4n) is 2.63. The molecule has 4 nitrogen and oxygen atoms in total. The Bertz CT molecular complexity index is 487. The first kappa shape index (κ1) is 16.3. The molecule has 0 aliphatic heterocycles. The van der Waals surface area contributed by atoms with E-state index in [0.29, 0.717) is 6.54 Å². The molecule has 0 spiro atoms. The SMILES string of the molecule is Cc1ccc(C)c(OCC(O)CNC2CC(O)C2(C)C)c1. The number of aliphatic hydroxyl groups excluding tert-OH is 2. The van der Waals surface area contributed by atoms with Crippen molar-refractivity contribution in [3.63, 3.8) is 0 Å². The van der Waals surface area contributed by atoms with E-state index in [4.69, 9.17) is 4.74 Å². The Morgan fingerprint density at radius 1 is 1.38 bits per heavy atom. The summed E-state index contributed by atoms with van der Waals surface area (Å²) in [6, 6.07) is 6.31. The Morgan fingerprint density at radius 2 is 2.10 bits per heavy atom. The molecule has 1 aliphatic rings. The second-order valence-corrected chi connectivity index (χ2v) is 6.77. The molecule has 1 aromatic carbocycles. The third kappa shape index (κ3) is 3.76. The van der Waals surface area contributed by atoms with Crippen molar-refractivity contribution in [3.8, 4) is 5.75 Å². The molecular formula is C17H27NO3. The first-order valence-electron chi connectivity index (χ1n) is 7.60. The topological polar surface area (TPSA) is 61.7 Å². The quantitative estimate of drug-likeness (QED) is 0.748. The fourth-order valence-corrected chi connectivity index (χ4v) is 2.63. The number of rotatable bonds is 6. The molecule has 1 saturated carbocycles. The first-order valence-corrected chi connectivity index (χ1v) is 7.60. The van der Waals surface area contributed by atoms with Crippen molar-refractivity contribution in [2.24, 2.45) is 5.41 Å². The zero-order valence-electron chi connectivity index (χ0n) is 13.4. The maximum absolute atomic E-state index is 10.0. The average Bonchev–Trinajstić information content (AvgIpc) is 2.44. The molecule has 3 N–H and O–H groups in total. The van der Waals surface area contributed by atoms with Gasteiger partial charge in [-0.25, -0.2) is 0 Å². The van der Waals surface area contributed by atoms with E-state index < -0.39 is 6.10 Å². The van der Waals surface area contributed by atoms with E-state index in [1.807, 2.05) is 45.9 Å². The van der Waals surface area contributed by atoms with Crippen LogP contribution in [0.1, 0.15) is 31.4 Å². The van der Waals surface area contributed by atoms with Gasteiger partial charge in [0.1, 0.15) is 18.5 Å². The molecule has 3 atom stereocenters. The molecule has 118 valence electrons.